The van der Waals surface area contributed by atoms with Crippen molar-refractivity contribution < 1.29 is 27.9 Å². The Morgan fingerprint density at radius 2 is 1.84 bits per heavy atom. The number of rotatable bonds is 5. The van der Waals surface area contributed by atoms with E-state index < -0.39 is 17.6 Å². The lowest BCUT2D eigenvalue weighted by Gasteiger charge is -2.12. The van der Waals surface area contributed by atoms with Crippen molar-refractivity contribution in [1.82, 2.24) is 15.0 Å². The van der Waals surface area contributed by atoms with Crippen LogP contribution in [0.2, 0.25) is 5.02 Å². The number of nitrogens with zero attached hydrogens (tertiary/aromatic N) is 2. The molecule has 3 aromatic carbocycles. The van der Waals surface area contributed by atoms with Crippen LogP contribution >= 0.6 is 11.6 Å². The lowest BCUT2D eigenvalue weighted by molar-refractivity contribution is -0.137. The Labute approximate surface area is 184 Å². The van der Waals surface area contributed by atoms with Crippen LogP contribution in [0.25, 0.3) is 16.7 Å². The number of halogens is 4. The number of carbonyl (C=O) groups excluding carboxylic acids is 1. The van der Waals surface area contributed by atoms with E-state index in [0.717, 1.165) is 11.8 Å². The average molecular weight is 462 g/mol. The summed E-state index contributed by atoms with van der Waals surface area (Å²) in [6.07, 6.45) is -2.95. The van der Waals surface area contributed by atoms with Crippen molar-refractivity contribution in [3.8, 4) is 11.4 Å². The van der Waals surface area contributed by atoms with Crippen LogP contribution in [-0.2, 0) is 12.8 Å². The third-order valence-corrected chi connectivity index (χ3v) is 5.10. The maximum absolute atomic E-state index is 13.0. The maximum atomic E-state index is 13.0. The SMILES string of the molecule is O=C(NO)c1ccc2ncn(-c3ccc(OCc4ccc(Cl)c(C(F)(F)F)c4)cc3)c2c1. The van der Waals surface area contributed by atoms with Gasteiger partial charge in [0.1, 0.15) is 18.7 Å². The van der Waals surface area contributed by atoms with Crippen molar-refractivity contribution >= 4 is 28.5 Å². The normalized spacial score (nSPS) is 11.5. The third kappa shape index (κ3) is 4.39. The van der Waals surface area contributed by atoms with Crippen molar-refractivity contribution in [2.24, 2.45) is 0 Å². The summed E-state index contributed by atoms with van der Waals surface area (Å²) >= 11 is 5.64. The van der Waals surface area contributed by atoms with Gasteiger partial charge in [-0.05, 0) is 60.2 Å². The summed E-state index contributed by atoms with van der Waals surface area (Å²) in [4.78, 5) is 16.0. The van der Waals surface area contributed by atoms with Gasteiger partial charge in [0.05, 0.1) is 21.6 Å². The fourth-order valence-corrected chi connectivity index (χ4v) is 3.39. The van der Waals surface area contributed by atoms with Gasteiger partial charge in [-0.2, -0.15) is 13.2 Å². The quantitative estimate of drug-likeness (QED) is 0.308. The molecule has 164 valence electrons. The average Bonchev–Trinajstić information content (AvgIpc) is 3.21. The Kier molecular flexibility index (Phi) is 5.77. The number of hydroxylamine groups is 1. The first kappa shape index (κ1) is 21.7. The van der Waals surface area contributed by atoms with E-state index in [1.807, 2.05) is 0 Å². The van der Waals surface area contributed by atoms with Crippen molar-refractivity contribution in [1.29, 1.82) is 0 Å². The molecule has 0 saturated heterocycles. The predicted molar refractivity (Wildman–Crippen MR) is 111 cm³/mol. The minimum absolute atomic E-state index is 0.0623. The first-order valence-electron chi connectivity index (χ1n) is 9.26. The first-order valence-corrected chi connectivity index (χ1v) is 9.64. The Morgan fingerprint density at radius 3 is 2.53 bits per heavy atom. The first-order chi connectivity index (χ1) is 15.3. The predicted octanol–water partition coefficient (Wildman–Crippen LogP) is 5.40. The van der Waals surface area contributed by atoms with Gasteiger partial charge >= 0.3 is 6.18 Å². The summed E-state index contributed by atoms with van der Waals surface area (Å²) in [5, 5.41) is 8.47. The van der Waals surface area contributed by atoms with Gasteiger partial charge < -0.3 is 4.74 Å². The molecule has 0 fully saturated rings. The molecule has 32 heavy (non-hydrogen) atoms. The van der Waals surface area contributed by atoms with Crippen LogP contribution in [-0.4, -0.2) is 20.7 Å². The van der Waals surface area contributed by atoms with Crippen molar-refractivity contribution in [3.63, 3.8) is 0 Å². The minimum Gasteiger partial charge on any atom is -0.489 e. The summed E-state index contributed by atoms with van der Waals surface area (Å²) < 4.78 is 46.4. The summed E-state index contributed by atoms with van der Waals surface area (Å²) in [6.45, 7) is -0.0623. The molecule has 4 rings (SSSR count). The number of ether oxygens (including phenoxy) is 1. The second-order valence-corrected chi connectivity index (χ2v) is 7.26. The van der Waals surface area contributed by atoms with Gasteiger partial charge in [0.2, 0.25) is 0 Å². The van der Waals surface area contributed by atoms with Gasteiger partial charge in [0, 0.05) is 11.3 Å². The van der Waals surface area contributed by atoms with Crippen LogP contribution in [0.1, 0.15) is 21.5 Å². The Hall–Kier alpha value is -3.56. The van der Waals surface area contributed by atoms with Gasteiger partial charge in [-0.1, -0.05) is 17.7 Å². The number of hydrogen-bond acceptors (Lipinski definition) is 4. The fraction of sp³-hybridized carbons (Fsp3) is 0.0909. The van der Waals surface area contributed by atoms with Crippen LogP contribution in [0.15, 0.2) is 67.0 Å². The Morgan fingerprint density at radius 1 is 1.09 bits per heavy atom. The Bertz CT molecular complexity index is 1290. The van der Waals surface area contributed by atoms with Gasteiger partial charge in [-0.15, -0.1) is 0 Å². The molecule has 1 heterocycles. The van der Waals surface area contributed by atoms with Crippen LogP contribution < -0.4 is 10.2 Å². The van der Waals surface area contributed by atoms with Gasteiger partial charge in [-0.3, -0.25) is 14.6 Å². The maximum Gasteiger partial charge on any atom is 0.417 e. The molecule has 2 N–H and O–H groups in total. The zero-order valence-electron chi connectivity index (χ0n) is 16.2. The molecule has 1 amide bonds. The second-order valence-electron chi connectivity index (χ2n) is 6.85. The topological polar surface area (TPSA) is 76.4 Å². The Balaban J connectivity index is 1.52. The number of aromatic nitrogens is 2. The molecule has 0 radical (unpaired) electrons. The highest BCUT2D eigenvalue weighted by atomic mass is 35.5. The van der Waals surface area contributed by atoms with Crippen LogP contribution in [0.5, 0.6) is 5.75 Å². The zero-order chi connectivity index (χ0) is 22.9. The number of alkyl halides is 3. The smallest absolute Gasteiger partial charge is 0.417 e. The summed E-state index contributed by atoms with van der Waals surface area (Å²) in [7, 11) is 0. The largest absolute Gasteiger partial charge is 0.489 e. The molecule has 0 saturated carbocycles. The van der Waals surface area contributed by atoms with Crippen molar-refractivity contribution in [3.05, 3.63) is 88.7 Å². The van der Waals surface area contributed by atoms with Crippen LogP contribution in [0.3, 0.4) is 0 Å². The molecule has 0 aliphatic rings. The molecule has 1 aromatic heterocycles. The van der Waals surface area contributed by atoms with E-state index in [1.54, 1.807) is 58.8 Å². The van der Waals surface area contributed by atoms with Gasteiger partial charge in [0.15, 0.2) is 0 Å². The van der Waals surface area contributed by atoms with E-state index in [4.69, 9.17) is 21.5 Å². The monoisotopic (exact) mass is 461 g/mol. The molecule has 0 bridgehead atoms. The highest BCUT2D eigenvalue weighted by Gasteiger charge is 2.33. The molecular weight excluding hydrogens is 447 g/mol. The van der Waals surface area contributed by atoms with Gasteiger partial charge in [-0.25, -0.2) is 10.5 Å². The van der Waals surface area contributed by atoms with E-state index in [0.29, 0.717) is 22.3 Å². The molecule has 10 heteroatoms. The van der Waals surface area contributed by atoms with E-state index in [9.17, 15) is 18.0 Å². The van der Waals surface area contributed by atoms with Crippen LogP contribution in [0, 0.1) is 0 Å². The van der Waals surface area contributed by atoms with E-state index in [-0.39, 0.29) is 17.2 Å². The standard InChI is InChI=1S/C22H15ClF3N3O3/c23-18-7-1-13(9-17(18)22(24,25)26)11-32-16-5-3-15(4-6-16)29-12-27-19-8-2-14(10-20(19)29)21(30)28-31/h1-10,12,31H,11H2,(H,28,30). The second kappa shape index (κ2) is 8.52. The molecule has 0 spiro atoms. The number of nitrogens with one attached hydrogen (secondary N) is 1. The highest BCUT2D eigenvalue weighted by molar-refractivity contribution is 6.31. The molecular formula is C22H15ClF3N3O3. The van der Waals surface area contributed by atoms with Gasteiger partial charge in [0.25, 0.3) is 5.91 Å². The summed E-state index contributed by atoms with van der Waals surface area (Å²) in [5.41, 5.74) is 3.33. The summed E-state index contributed by atoms with van der Waals surface area (Å²) in [5.74, 6) is -0.179. The number of benzene rings is 3. The van der Waals surface area contributed by atoms with Crippen LogP contribution in [0.4, 0.5) is 13.2 Å². The highest BCUT2D eigenvalue weighted by Crippen LogP contribution is 2.35. The van der Waals surface area contributed by atoms with E-state index in [2.05, 4.69) is 4.98 Å². The molecule has 0 aliphatic heterocycles. The van der Waals surface area contributed by atoms with E-state index in [1.165, 1.54) is 12.1 Å². The number of hydrogen-bond donors (Lipinski definition) is 2. The lowest BCUT2D eigenvalue weighted by Crippen LogP contribution is -2.18. The number of fused-ring (bicyclic) bond motifs is 1. The lowest BCUT2D eigenvalue weighted by atomic mass is 10.1. The number of carbonyl (C=O) groups is 1. The van der Waals surface area contributed by atoms with E-state index >= 15 is 0 Å². The number of amides is 1. The molecule has 4 aromatic rings. The van der Waals surface area contributed by atoms with Crippen molar-refractivity contribution in [2.75, 3.05) is 0 Å². The molecule has 0 atom stereocenters. The molecule has 6 nitrogen and oxygen atoms in total. The molecule has 0 aliphatic carbocycles. The zero-order valence-corrected chi connectivity index (χ0v) is 17.0. The van der Waals surface area contributed by atoms with Crippen molar-refractivity contribution in [2.45, 2.75) is 12.8 Å². The molecule has 0 unspecified atom stereocenters. The summed E-state index contributed by atoms with van der Waals surface area (Å²) in [6, 6.07) is 15.3. The minimum atomic E-state index is -4.54. The number of imidazole rings is 1. The fourth-order valence-electron chi connectivity index (χ4n) is 3.17. The third-order valence-electron chi connectivity index (χ3n) is 4.77.